The number of pyridine rings is 1. The van der Waals surface area contributed by atoms with Crippen molar-refractivity contribution in [2.45, 2.75) is 18.9 Å². The van der Waals surface area contributed by atoms with Gasteiger partial charge in [0.25, 0.3) is 5.91 Å². The number of fused-ring (bicyclic) bond motifs is 1. The van der Waals surface area contributed by atoms with Gasteiger partial charge in [-0.25, -0.2) is 0 Å². The van der Waals surface area contributed by atoms with Crippen LogP contribution in [0.3, 0.4) is 0 Å². The largest absolute Gasteiger partial charge is 0.336 e. The first kappa shape index (κ1) is 14.1. The summed E-state index contributed by atoms with van der Waals surface area (Å²) in [6.07, 6.45) is 5.73. The lowest BCUT2D eigenvalue weighted by Gasteiger charge is -2.37. The van der Waals surface area contributed by atoms with Crippen LogP contribution in [0.2, 0.25) is 0 Å². The van der Waals surface area contributed by atoms with Crippen molar-refractivity contribution < 1.29 is 4.79 Å². The molecule has 2 N–H and O–H groups in total. The van der Waals surface area contributed by atoms with E-state index in [0.717, 1.165) is 25.2 Å². The van der Waals surface area contributed by atoms with Crippen molar-refractivity contribution in [3.63, 3.8) is 0 Å². The van der Waals surface area contributed by atoms with Gasteiger partial charge in [0.05, 0.1) is 12.1 Å². The Morgan fingerprint density at radius 2 is 2.29 bits per heavy atom. The second-order valence-corrected chi connectivity index (χ2v) is 5.55. The van der Waals surface area contributed by atoms with Crippen LogP contribution in [-0.2, 0) is 0 Å². The van der Waals surface area contributed by atoms with Crippen LogP contribution in [0.1, 0.15) is 28.8 Å². The van der Waals surface area contributed by atoms with Crippen molar-refractivity contribution in [1.29, 1.82) is 0 Å². The van der Waals surface area contributed by atoms with Gasteiger partial charge in [-0.05, 0) is 25.5 Å². The predicted octanol–water partition coefficient (Wildman–Crippen LogP) is 0.312. The first-order valence-electron chi connectivity index (χ1n) is 7.45. The summed E-state index contributed by atoms with van der Waals surface area (Å²) >= 11 is 0. The molecule has 2 aliphatic rings. The molecular formula is C16H20N4O. The highest BCUT2D eigenvalue weighted by Crippen LogP contribution is 2.22. The number of nitrogens with two attached hydrogens (primary N) is 1. The molecule has 1 aromatic rings. The van der Waals surface area contributed by atoms with E-state index in [1.165, 1.54) is 19.4 Å². The van der Waals surface area contributed by atoms with E-state index in [9.17, 15) is 4.79 Å². The van der Waals surface area contributed by atoms with Crippen LogP contribution in [0.15, 0.2) is 18.5 Å². The molecule has 0 aliphatic carbocycles. The molecule has 110 valence electrons. The normalized spacial score (nSPS) is 21.6. The summed E-state index contributed by atoms with van der Waals surface area (Å²) in [5, 5.41) is 0. The monoisotopic (exact) mass is 284 g/mol. The van der Waals surface area contributed by atoms with Crippen molar-refractivity contribution >= 4 is 5.91 Å². The minimum Gasteiger partial charge on any atom is -0.336 e. The Morgan fingerprint density at radius 3 is 3.14 bits per heavy atom. The summed E-state index contributed by atoms with van der Waals surface area (Å²) in [6, 6.07) is 2.34. The van der Waals surface area contributed by atoms with E-state index in [1.807, 2.05) is 4.90 Å². The Morgan fingerprint density at radius 1 is 1.38 bits per heavy atom. The predicted molar refractivity (Wildman–Crippen MR) is 80.7 cm³/mol. The molecule has 2 saturated heterocycles. The van der Waals surface area contributed by atoms with Gasteiger partial charge in [-0.2, -0.15) is 0 Å². The molecule has 0 radical (unpaired) electrons. The summed E-state index contributed by atoms with van der Waals surface area (Å²) < 4.78 is 0. The van der Waals surface area contributed by atoms with Crippen LogP contribution in [0.25, 0.3) is 0 Å². The van der Waals surface area contributed by atoms with Crippen LogP contribution in [0, 0.1) is 11.8 Å². The van der Waals surface area contributed by atoms with E-state index in [4.69, 9.17) is 5.73 Å². The van der Waals surface area contributed by atoms with Crippen LogP contribution in [-0.4, -0.2) is 59.5 Å². The van der Waals surface area contributed by atoms with Crippen molar-refractivity contribution in [2.75, 3.05) is 32.7 Å². The number of rotatable bonds is 1. The molecule has 1 aromatic heterocycles. The highest BCUT2D eigenvalue weighted by atomic mass is 16.2. The summed E-state index contributed by atoms with van der Waals surface area (Å²) in [4.78, 5) is 21.2. The van der Waals surface area contributed by atoms with Gasteiger partial charge in [-0.1, -0.05) is 11.8 Å². The Bertz CT molecular complexity index is 589. The molecule has 0 saturated carbocycles. The maximum atomic E-state index is 12.6. The molecule has 21 heavy (non-hydrogen) atoms. The van der Waals surface area contributed by atoms with Gasteiger partial charge in [0.2, 0.25) is 0 Å². The fraction of sp³-hybridized carbons (Fsp3) is 0.500. The number of piperazine rings is 1. The number of amides is 1. The van der Waals surface area contributed by atoms with Crippen molar-refractivity contribution in [3.8, 4) is 11.8 Å². The first-order chi connectivity index (χ1) is 10.3. The summed E-state index contributed by atoms with van der Waals surface area (Å²) in [7, 11) is 0. The molecule has 5 nitrogen and oxygen atoms in total. The fourth-order valence-corrected chi connectivity index (χ4v) is 3.14. The molecule has 1 atom stereocenters. The van der Waals surface area contributed by atoms with Crippen molar-refractivity contribution in [3.05, 3.63) is 29.6 Å². The minimum atomic E-state index is 0.0606. The highest BCUT2D eigenvalue weighted by molar-refractivity contribution is 5.94. The van der Waals surface area contributed by atoms with Crippen LogP contribution < -0.4 is 5.73 Å². The third-order valence-electron chi connectivity index (χ3n) is 4.19. The summed E-state index contributed by atoms with van der Waals surface area (Å²) in [5.74, 6) is 5.77. The standard InChI is InChI=1S/C16H20N4O/c17-5-1-3-13-9-14(11-18-10-13)16(21)20-8-7-19-6-2-4-15(19)12-20/h9-11,15H,2,4-8,12,17H2. The maximum absolute atomic E-state index is 12.6. The molecule has 2 aliphatic heterocycles. The van der Waals surface area contributed by atoms with E-state index < -0.39 is 0 Å². The van der Waals surface area contributed by atoms with Gasteiger partial charge in [-0.15, -0.1) is 0 Å². The molecule has 0 bridgehead atoms. The third-order valence-corrected chi connectivity index (χ3v) is 4.19. The molecule has 0 spiro atoms. The van der Waals surface area contributed by atoms with Gasteiger partial charge in [0, 0.05) is 43.6 Å². The topological polar surface area (TPSA) is 62.5 Å². The van der Waals surface area contributed by atoms with Gasteiger partial charge in [0.15, 0.2) is 0 Å². The number of hydrogen-bond donors (Lipinski definition) is 1. The van der Waals surface area contributed by atoms with E-state index >= 15 is 0 Å². The van der Waals surface area contributed by atoms with Gasteiger partial charge in [-0.3, -0.25) is 14.7 Å². The second-order valence-electron chi connectivity index (χ2n) is 5.55. The fourth-order valence-electron chi connectivity index (χ4n) is 3.14. The van der Waals surface area contributed by atoms with Crippen LogP contribution in [0.5, 0.6) is 0 Å². The van der Waals surface area contributed by atoms with E-state index in [0.29, 0.717) is 18.2 Å². The number of carbonyl (C=O) groups excluding carboxylic acids is 1. The Hall–Kier alpha value is -1.90. The Labute approximate surface area is 125 Å². The van der Waals surface area contributed by atoms with E-state index in [1.54, 1.807) is 18.5 Å². The first-order valence-corrected chi connectivity index (χ1v) is 7.45. The average molecular weight is 284 g/mol. The Kier molecular flexibility index (Phi) is 4.18. The van der Waals surface area contributed by atoms with E-state index in [2.05, 4.69) is 21.7 Å². The molecule has 0 aromatic carbocycles. The van der Waals surface area contributed by atoms with E-state index in [-0.39, 0.29) is 5.91 Å². The quantitative estimate of drug-likeness (QED) is 0.754. The highest BCUT2D eigenvalue weighted by Gasteiger charge is 2.32. The van der Waals surface area contributed by atoms with Crippen molar-refractivity contribution in [1.82, 2.24) is 14.8 Å². The zero-order chi connectivity index (χ0) is 14.7. The smallest absolute Gasteiger partial charge is 0.255 e. The second kappa shape index (κ2) is 6.25. The molecule has 1 unspecified atom stereocenters. The maximum Gasteiger partial charge on any atom is 0.255 e. The molecular weight excluding hydrogens is 264 g/mol. The zero-order valence-corrected chi connectivity index (χ0v) is 12.1. The molecule has 2 fully saturated rings. The lowest BCUT2D eigenvalue weighted by atomic mass is 10.1. The molecule has 3 heterocycles. The van der Waals surface area contributed by atoms with Gasteiger partial charge >= 0.3 is 0 Å². The number of aromatic nitrogens is 1. The zero-order valence-electron chi connectivity index (χ0n) is 12.1. The summed E-state index contributed by atoms with van der Waals surface area (Å²) in [6.45, 7) is 4.10. The van der Waals surface area contributed by atoms with Crippen LogP contribution in [0.4, 0.5) is 0 Å². The van der Waals surface area contributed by atoms with Crippen LogP contribution >= 0.6 is 0 Å². The average Bonchev–Trinajstić information content (AvgIpc) is 3.00. The summed E-state index contributed by atoms with van der Waals surface area (Å²) in [5.41, 5.74) is 6.72. The lowest BCUT2D eigenvalue weighted by Crippen LogP contribution is -2.52. The lowest BCUT2D eigenvalue weighted by molar-refractivity contribution is 0.0571. The molecule has 3 rings (SSSR count). The van der Waals surface area contributed by atoms with Gasteiger partial charge in [0.1, 0.15) is 0 Å². The number of carbonyl (C=O) groups is 1. The number of hydrogen-bond acceptors (Lipinski definition) is 4. The molecule has 1 amide bonds. The SMILES string of the molecule is NCC#Cc1cncc(C(=O)N2CCN3CCCC3C2)c1. The number of nitrogens with zero attached hydrogens (tertiary/aromatic N) is 3. The molecule has 5 heteroatoms. The minimum absolute atomic E-state index is 0.0606. The Balaban J connectivity index is 1.73. The third kappa shape index (κ3) is 3.07. The van der Waals surface area contributed by atoms with Crippen molar-refractivity contribution in [2.24, 2.45) is 5.73 Å². The van der Waals surface area contributed by atoms with Gasteiger partial charge < -0.3 is 10.6 Å².